The Hall–Kier alpha value is -2.64. The molecule has 2 aromatic rings. The Kier molecular flexibility index (Phi) is 5.17. The predicted molar refractivity (Wildman–Crippen MR) is 145 cm³/mol. The number of hydrogen-bond acceptors (Lipinski definition) is 3. The monoisotopic (exact) mass is 482 g/mol. The fraction of sp³-hybridized carbons (Fsp3) is 0.464. The predicted octanol–water partition coefficient (Wildman–Crippen LogP) is 5.14. The van der Waals surface area contributed by atoms with Crippen molar-refractivity contribution in [3.05, 3.63) is 59.0 Å². The van der Waals surface area contributed by atoms with Crippen LogP contribution in [0.1, 0.15) is 75.5 Å². The zero-order chi connectivity index (χ0) is 24.5. The van der Waals surface area contributed by atoms with Gasteiger partial charge in [-0.15, -0.1) is 14.9 Å². The van der Waals surface area contributed by atoms with Gasteiger partial charge in [0.15, 0.2) is 12.1 Å². The molecule has 2 aliphatic heterocycles. The van der Waals surface area contributed by atoms with Crippen molar-refractivity contribution in [2.24, 2.45) is 0 Å². The smallest absolute Gasteiger partial charge is 0.273 e. The molecule has 2 aliphatic carbocycles. The van der Waals surface area contributed by atoms with E-state index in [1.54, 1.807) is 0 Å². The number of aromatic nitrogens is 3. The number of allylic oxidation sites excluding steroid dienone is 3. The van der Waals surface area contributed by atoms with Gasteiger partial charge in [0.2, 0.25) is 0 Å². The molecule has 0 bridgehead atoms. The summed E-state index contributed by atoms with van der Waals surface area (Å²) in [6.45, 7) is 10.0. The summed E-state index contributed by atoms with van der Waals surface area (Å²) in [6.07, 6.45) is 19.1. The fourth-order valence-corrected chi connectivity index (χ4v) is 7.87. The van der Waals surface area contributed by atoms with Gasteiger partial charge in [-0.2, -0.15) is 5.10 Å². The Morgan fingerprint density at radius 1 is 1.17 bits per heavy atom. The van der Waals surface area contributed by atoms with Gasteiger partial charge < -0.3 is 4.90 Å². The maximum atomic E-state index is 13.8. The molecule has 6 rings (SSSR count). The van der Waals surface area contributed by atoms with Crippen molar-refractivity contribution in [1.29, 1.82) is 0 Å². The Morgan fingerprint density at radius 2 is 1.91 bits per heavy atom. The molecule has 0 N–H and O–H groups in total. The van der Waals surface area contributed by atoms with Gasteiger partial charge in [0.1, 0.15) is 11.7 Å². The zero-order valence-corrected chi connectivity index (χ0v) is 22.0. The molecule has 0 radical (unpaired) electrons. The number of amides is 1. The topological polar surface area (TPSA) is 50.5 Å². The van der Waals surface area contributed by atoms with Crippen LogP contribution < -0.4 is 5.44 Å². The van der Waals surface area contributed by atoms with Crippen LogP contribution >= 0.6 is 8.46 Å². The van der Waals surface area contributed by atoms with E-state index in [0.29, 0.717) is 43.7 Å². The van der Waals surface area contributed by atoms with Crippen LogP contribution in [0, 0.1) is 12.3 Å². The Morgan fingerprint density at radius 3 is 2.60 bits per heavy atom. The quantitative estimate of drug-likeness (QED) is 0.345. The minimum absolute atomic E-state index is 0.0832. The number of carbonyl (C=O) groups excluding carboxylic acids is 1. The van der Waals surface area contributed by atoms with Crippen molar-refractivity contribution >= 4 is 31.9 Å². The minimum Gasteiger partial charge on any atom is -0.319 e. The third-order valence-electron chi connectivity index (χ3n) is 8.89. The van der Waals surface area contributed by atoms with E-state index >= 15 is 0 Å². The van der Waals surface area contributed by atoms with Crippen LogP contribution in [0.5, 0.6) is 0 Å². The maximum Gasteiger partial charge on any atom is 0.273 e. The highest BCUT2D eigenvalue weighted by atomic mass is 31.1. The standard InChI is InChI=1S/C28H32BN4OP/c1-6-22-20-11-9-7-8-10-18(20)14-15-32(22)26(34)21-16-23(19-12-13-19)33-24(30-21)17-25(31-33)35-29-27(2,3)28(29,4)5/h1,8-11,16-17,19,22,35H,7,12-15H2,2-5H3. The third kappa shape index (κ3) is 3.63. The number of nitrogens with zero attached hydrogens (tertiary/aromatic N) is 4. The summed E-state index contributed by atoms with van der Waals surface area (Å²) < 4.78 is 1.99. The molecule has 4 heterocycles. The van der Waals surface area contributed by atoms with Gasteiger partial charge in [0, 0.05) is 24.2 Å². The number of terminal acetylenes is 1. The molecule has 2 fully saturated rings. The van der Waals surface area contributed by atoms with E-state index < -0.39 is 0 Å². The van der Waals surface area contributed by atoms with Crippen molar-refractivity contribution in [2.75, 3.05) is 6.54 Å². The van der Waals surface area contributed by atoms with E-state index in [1.165, 1.54) is 5.57 Å². The Balaban J connectivity index is 1.34. The first kappa shape index (κ1) is 22.8. The molecule has 5 nitrogen and oxygen atoms in total. The van der Waals surface area contributed by atoms with Crippen molar-refractivity contribution in [2.45, 2.75) is 76.0 Å². The molecular formula is C28H32BN4OP. The minimum atomic E-state index is -0.367. The molecule has 2 unspecified atom stereocenters. The van der Waals surface area contributed by atoms with Gasteiger partial charge in [-0.05, 0) is 42.9 Å². The van der Waals surface area contributed by atoms with Crippen molar-refractivity contribution in [1.82, 2.24) is 19.5 Å². The lowest BCUT2D eigenvalue weighted by atomic mass is 9.86. The van der Waals surface area contributed by atoms with E-state index in [4.69, 9.17) is 16.5 Å². The summed E-state index contributed by atoms with van der Waals surface area (Å²) in [5, 5.41) is 5.62. The molecule has 2 atom stereocenters. The first-order chi connectivity index (χ1) is 16.7. The molecule has 0 spiro atoms. The van der Waals surface area contributed by atoms with Gasteiger partial charge in [0.25, 0.3) is 5.91 Å². The van der Waals surface area contributed by atoms with Crippen LogP contribution in [-0.4, -0.2) is 44.4 Å². The summed E-state index contributed by atoms with van der Waals surface area (Å²) in [5.41, 5.74) is 5.76. The zero-order valence-electron chi connectivity index (χ0n) is 21.0. The second kappa shape index (κ2) is 7.94. The molecule has 178 valence electrons. The number of hydrogen-bond donors (Lipinski definition) is 0. The van der Waals surface area contributed by atoms with Gasteiger partial charge in [0.05, 0.1) is 5.44 Å². The van der Waals surface area contributed by atoms with Crippen LogP contribution in [0.2, 0.25) is 10.6 Å². The van der Waals surface area contributed by atoms with Crippen LogP contribution in [0.4, 0.5) is 0 Å². The van der Waals surface area contributed by atoms with Gasteiger partial charge in [-0.1, -0.05) is 68.5 Å². The molecule has 2 aromatic heterocycles. The number of carbonyl (C=O) groups is 1. The number of rotatable bonds is 4. The summed E-state index contributed by atoms with van der Waals surface area (Å²) in [4.78, 5) is 20.5. The second-order valence-electron chi connectivity index (χ2n) is 11.5. The third-order valence-corrected chi connectivity index (χ3v) is 11.2. The van der Waals surface area contributed by atoms with Gasteiger partial charge >= 0.3 is 0 Å². The average molecular weight is 482 g/mol. The van der Waals surface area contributed by atoms with Gasteiger partial charge in [-0.25, -0.2) is 9.50 Å². The molecule has 1 amide bonds. The summed E-state index contributed by atoms with van der Waals surface area (Å²) in [7, 11) is 0.645. The van der Waals surface area contributed by atoms with Crippen LogP contribution in [0.25, 0.3) is 5.65 Å². The first-order valence-corrected chi connectivity index (χ1v) is 13.8. The lowest BCUT2D eigenvalue weighted by Crippen LogP contribution is -2.44. The molecule has 1 saturated heterocycles. The molecule has 1 saturated carbocycles. The lowest BCUT2D eigenvalue weighted by Gasteiger charge is -2.34. The highest BCUT2D eigenvalue weighted by Gasteiger charge is 2.67. The second-order valence-corrected chi connectivity index (χ2v) is 12.9. The Labute approximate surface area is 210 Å². The van der Waals surface area contributed by atoms with E-state index in [2.05, 4.69) is 64.0 Å². The largest absolute Gasteiger partial charge is 0.319 e. The maximum absolute atomic E-state index is 13.8. The molecular weight excluding hydrogens is 450 g/mol. The van der Waals surface area contributed by atoms with Crippen LogP contribution in [-0.2, 0) is 0 Å². The van der Waals surface area contributed by atoms with Crippen molar-refractivity contribution in [3.8, 4) is 12.3 Å². The van der Waals surface area contributed by atoms with Crippen molar-refractivity contribution in [3.63, 3.8) is 0 Å². The molecule has 35 heavy (non-hydrogen) atoms. The SMILES string of the molecule is C#CC1C2=C(C=CCC=C2)CCN1C(=O)c1cc(C2CC2)n2nc(PB3C(C)(C)C3(C)C)cc2n1. The van der Waals surface area contributed by atoms with Crippen LogP contribution in [0.15, 0.2) is 47.6 Å². The molecule has 0 aromatic carbocycles. The summed E-state index contributed by atoms with van der Waals surface area (Å²) in [5.74, 6) is 3.25. The molecule has 4 aliphatic rings. The number of fused-ring (bicyclic) bond motifs is 1. The highest BCUT2D eigenvalue weighted by Crippen LogP contribution is 2.78. The summed E-state index contributed by atoms with van der Waals surface area (Å²) in [6, 6.07) is 3.70. The normalized spacial score (nSPS) is 24.7. The highest BCUT2D eigenvalue weighted by molar-refractivity contribution is 7.85. The van der Waals surface area contributed by atoms with E-state index in [1.807, 2.05) is 15.5 Å². The van der Waals surface area contributed by atoms with Crippen molar-refractivity contribution < 1.29 is 4.79 Å². The fourth-order valence-electron chi connectivity index (χ4n) is 5.82. The first-order valence-electron chi connectivity index (χ1n) is 12.7. The summed E-state index contributed by atoms with van der Waals surface area (Å²) >= 11 is 0. The van der Waals surface area contributed by atoms with Crippen LogP contribution in [0.3, 0.4) is 0 Å². The Bertz CT molecular complexity index is 1360. The average Bonchev–Trinajstić information content (AvgIpc) is 3.70. The van der Waals surface area contributed by atoms with E-state index in [-0.39, 0.29) is 11.9 Å². The van der Waals surface area contributed by atoms with E-state index in [0.717, 1.165) is 48.0 Å². The van der Waals surface area contributed by atoms with E-state index in [9.17, 15) is 4.79 Å². The van der Waals surface area contributed by atoms with Gasteiger partial charge in [-0.3, -0.25) is 4.79 Å². The molecule has 7 heteroatoms. The lowest BCUT2D eigenvalue weighted by molar-refractivity contribution is 0.0727.